The van der Waals surface area contributed by atoms with Gasteiger partial charge in [-0.1, -0.05) is 97.1 Å². The zero-order valence-corrected chi connectivity index (χ0v) is 19.3. The number of benzene rings is 5. The van der Waals surface area contributed by atoms with Gasteiger partial charge in [0.2, 0.25) is 11.8 Å². The minimum absolute atomic E-state index is 0.612. The van der Waals surface area contributed by atoms with Gasteiger partial charge in [0.1, 0.15) is 0 Å². The second-order valence-corrected chi connectivity index (χ2v) is 8.69. The van der Waals surface area contributed by atoms with Crippen LogP contribution < -0.4 is 0 Å². The summed E-state index contributed by atoms with van der Waals surface area (Å²) in [5, 5.41) is 4.56. The number of rotatable bonds is 4. The van der Waals surface area contributed by atoms with Gasteiger partial charge in [-0.2, -0.15) is 0 Å². The van der Waals surface area contributed by atoms with Crippen LogP contribution in [0.1, 0.15) is 0 Å². The van der Waals surface area contributed by atoms with Crippen molar-refractivity contribution in [2.24, 2.45) is 0 Å². The van der Waals surface area contributed by atoms with Crippen molar-refractivity contribution < 1.29 is 8.83 Å². The second-order valence-electron chi connectivity index (χ2n) is 8.69. The van der Waals surface area contributed by atoms with Crippen molar-refractivity contribution in [3.05, 3.63) is 122 Å². The number of nitrogens with zero attached hydrogens (tertiary/aromatic N) is 2. The second kappa shape index (κ2) is 8.36. The Bertz CT molecular complexity index is 1700. The maximum atomic E-state index is 6.17. The molecule has 0 fully saturated rings. The van der Waals surface area contributed by atoms with Crippen LogP contribution in [0.5, 0.6) is 0 Å². The van der Waals surface area contributed by atoms with E-state index >= 15 is 0 Å². The Hall–Kier alpha value is -4.96. The van der Waals surface area contributed by atoms with E-state index in [-0.39, 0.29) is 0 Å². The van der Waals surface area contributed by atoms with Crippen molar-refractivity contribution in [2.45, 2.75) is 0 Å². The zero-order chi connectivity index (χ0) is 23.9. The van der Waals surface area contributed by atoms with Crippen molar-refractivity contribution in [3.8, 4) is 45.6 Å². The molecular formula is C32H20N2O2. The van der Waals surface area contributed by atoms with Crippen molar-refractivity contribution in [1.82, 2.24) is 9.97 Å². The average molecular weight is 465 g/mol. The van der Waals surface area contributed by atoms with Crippen LogP contribution >= 0.6 is 0 Å². The summed E-state index contributed by atoms with van der Waals surface area (Å²) in [6, 6.07) is 36.9. The van der Waals surface area contributed by atoms with Crippen LogP contribution in [0.3, 0.4) is 0 Å². The first-order chi connectivity index (χ1) is 17.8. The van der Waals surface area contributed by atoms with Crippen LogP contribution in [0.4, 0.5) is 0 Å². The first-order valence-electron chi connectivity index (χ1n) is 11.8. The van der Waals surface area contributed by atoms with Crippen molar-refractivity contribution in [1.29, 1.82) is 0 Å². The van der Waals surface area contributed by atoms with Crippen molar-refractivity contribution in [3.63, 3.8) is 0 Å². The summed E-state index contributed by atoms with van der Waals surface area (Å²) < 4.78 is 12.3. The lowest BCUT2D eigenvalue weighted by atomic mass is 10.0. The highest BCUT2D eigenvalue weighted by Gasteiger charge is 2.14. The Labute approximate surface area is 207 Å². The van der Waals surface area contributed by atoms with E-state index < -0.39 is 0 Å². The SMILES string of the molecule is c1ccc2c(-c3ncc(-c4ccc(-c5cnc(-c6cccc7ccccc67)o5)cc4)o3)cccc2c1. The monoisotopic (exact) mass is 464 g/mol. The summed E-state index contributed by atoms with van der Waals surface area (Å²) in [6.07, 6.45) is 3.55. The first kappa shape index (κ1) is 20.4. The van der Waals surface area contributed by atoms with Crippen molar-refractivity contribution >= 4 is 21.5 Å². The van der Waals surface area contributed by atoms with Gasteiger partial charge in [-0.3, -0.25) is 0 Å². The highest BCUT2D eigenvalue weighted by atomic mass is 16.4. The number of fused-ring (bicyclic) bond motifs is 2. The van der Waals surface area contributed by atoms with Gasteiger partial charge < -0.3 is 8.83 Å². The Balaban J connectivity index is 1.18. The van der Waals surface area contributed by atoms with E-state index in [9.17, 15) is 0 Å². The topological polar surface area (TPSA) is 52.1 Å². The summed E-state index contributed by atoms with van der Waals surface area (Å²) in [5.41, 5.74) is 3.87. The standard InChI is InChI=1S/C32H20N2O2/c1-3-11-25-21(7-1)9-5-13-27(25)31-33-19-29(35-31)23-15-17-24(18-16-23)30-20-34-32(36-30)28-14-6-10-22-8-2-4-12-26(22)28/h1-20H. The molecule has 170 valence electrons. The first-order valence-corrected chi connectivity index (χ1v) is 11.8. The molecule has 7 aromatic rings. The predicted molar refractivity (Wildman–Crippen MR) is 143 cm³/mol. The fourth-order valence-corrected chi connectivity index (χ4v) is 4.69. The fraction of sp³-hybridized carbons (Fsp3) is 0. The molecule has 5 aromatic carbocycles. The molecule has 0 aliphatic rings. The Morgan fingerprint density at radius 2 is 0.833 bits per heavy atom. The molecule has 0 aliphatic carbocycles. The van der Waals surface area contributed by atoms with Crippen LogP contribution in [0.15, 0.2) is 130 Å². The number of oxazole rings is 2. The van der Waals surface area contributed by atoms with E-state index in [1.54, 1.807) is 12.4 Å². The number of hydrogen-bond acceptors (Lipinski definition) is 4. The van der Waals surface area contributed by atoms with Crippen LogP contribution in [0.25, 0.3) is 67.1 Å². The third kappa shape index (κ3) is 3.48. The molecule has 0 saturated carbocycles. The van der Waals surface area contributed by atoms with Gasteiger partial charge in [-0.05, 0) is 33.7 Å². The molecule has 0 spiro atoms. The molecule has 7 rings (SSSR count). The molecule has 0 bridgehead atoms. The molecule has 0 radical (unpaired) electrons. The lowest BCUT2D eigenvalue weighted by Gasteiger charge is -2.03. The molecule has 0 saturated heterocycles. The number of hydrogen-bond donors (Lipinski definition) is 0. The van der Waals surface area contributed by atoms with Gasteiger partial charge in [-0.25, -0.2) is 9.97 Å². The van der Waals surface area contributed by atoms with E-state index in [4.69, 9.17) is 8.83 Å². The van der Waals surface area contributed by atoms with Crippen LogP contribution in [0, 0.1) is 0 Å². The van der Waals surface area contributed by atoms with E-state index in [0.29, 0.717) is 11.8 Å². The molecule has 36 heavy (non-hydrogen) atoms. The molecular weight excluding hydrogens is 444 g/mol. The fourth-order valence-electron chi connectivity index (χ4n) is 4.69. The van der Waals surface area contributed by atoms with Gasteiger partial charge in [-0.15, -0.1) is 0 Å². The smallest absolute Gasteiger partial charge is 0.227 e. The lowest BCUT2D eigenvalue weighted by Crippen LogP contribution is -1.80. The van der Waals surface area contributed by atoms with E-state index in [2.05, 4.69) is 46.4 Å². The third-order valence-electron chi connectivity index (χ3n) is 6.51. The Morgan fingerprint density at radius 3 is 1.31 bits per heavy atom. The van der Waals surface area contributed by atoms with Gasteiger partial charge >= 0.3 is 0 Å². The predicted octanol–water partition coefficient (Wildman–Crippen LogP) is 8.64. The summed E-state index contributed by atoms with van der Waals surface area (Å²) >= 11 is 0. The lowest BCUT2D eigenvalue weighted by molar-refractivity contribution is 0.588. The van der Waals surface area contributed by atoms with Gasteiger partial charge in [0.25, 0.3) is 0 Å². The summed E-state index contributed by atoms with van der Waals surface area (Å²) in [4.78, 5) is 9.12. The quantitative estimate of drug-likeness (QED) is 0.262. The number of aromatic nitrogens is 2. The van der Waals surface area contributed by atoms with E-state index in [1.807, 2.05) is 72.8 Å². The van der Waals surface area contributed by atoms with Crippen LogP contribution in [-0.2, 0) is 0 Å². The summed E-state index contributed by atoms with van der Waals surface area (Å²) in [5.74, 6) is 2.67. The third-order valence-corrected chi connectivity index (χ3v) is 6.51. The van der Waals surface area contributed by atoms with Gasteiger partial charge in [0.15, 0.2) is 11.5 Å². The summed E-state index contributed by atoms with van der Waals surface area (Å²) in [7, 11) is 0. The van der Waals surface area contributed by atoms with Crippen molar-refractivity contribution in [2.75, 3.05) is 0 Å². The highest BCUT2D eigenvalue weighted by molar-refractivity contribution is 5.95. The molecule has 4 nitrogen and oxygen atoms in total. The average Bonchev–Trinajstić information content (AvgIpc) is 3.63. The van der Waals surface area contributed by atoms with E-state index in [1.165, 1.54) is 0 Å². The molecule has 0 N–H and O–H groups in total. The maximum Gasteiger partial charge on any atom is 0.227 e. The largest absolute Gasteiger partial charge is 0.436 e. The maximum absolute atomic E-state index is 6.17. The van der Waals surface area contributed by atoms with Gasteiger partial charge in [0.05, 0.1) is 12.4 Å². The molecule has 4 heteroatoms. The van der Waals surface area contributed by atoms with E-state index in [0.717, 1.165) is 55.3 Å². The molecule has 2 aromatic heterocycles. The molecule has 2 heterocycles. The molecule has 0 atom stereocenters. The summed E-state index contributed by atoms with van der Waals surface area (Å²) in [6.45, 7) is 0. The molecule has 0 amide bonds. The Kier molecular flexibility index (Phi) is 4.74. The highest BCUT2D eigenvalue weighted by Crippen LogP contribution is 2.34. The zero-order valence-electron chi connectivity index (χ0n) is 19.3. The molecule has 0 aliphatic heterocycles. The van der Waals surface area contributed by atoms with Crippen LogP contribution in [0.2, 0.25) is 0 Å². The van der Waals surface area contributed by atoms with Crippen LogP contribution in [-0.4, -0.2) is 9.97 Å². The molecule has 0 unspecified atom stereocenters. The minimum Gasteiger partial charge on any atom is -0.436 e. The normalized spacial score (nSPS) is 11.3. The minimum atomic E-state index is 0.612. The van der Waals surface area contributed by atoms with Gasteiger partial charge in [0, 0.05) is 22.3 Å². The Morgan fingerprint density at radius 1 is 0.417 bits per heavy atom.